The van der Waals surface area contributed by atoms with Gasteiger partial charge in [-0.3, -0.25) is 9.59 Å². The van der Waals surface area contributed by atoms with Crippen molar-refractivity contribution in [2.24, 2.45) is 0 Å². The van der Waals surface area contributed by atoms with Crippen molar-refractivity contribution in [2.45, 2.75) is 171 Å². The second-order valence-electron chi connectivity index (χ2n) is 15.8. The van der Waals surface area contributed by atoms with E-state index in [1.54, 1.807) is 6.08 Å². The molecular formula is C51H78O15. The molecule has 2 saturated heterocycles. The van der Waals surface area contributed by atoms with Crippen LogP contribution >= 0.6 is 0 Å². The van der Waals surface area contributed by atoms with E-state index in [1.165, 1.54) is 0 Å². The summed E-state index contributed by atoms with van der Waals surface area (Å²) in [6.07, 6.45) is 30.2. The minimum absolute atomic E-state index is 0.0308. The number of ether oxygens (including phenoxy) is 6. The fraction of sp³-hybridized carbons (Fsp3) is 0.608. The van der Waals surface area contributed by atoms with Gasteiger partial charge in [0.15, 0.2) is 18.7 Å². The minimum Gasteiger partial charge on any atom is -0.461 e. The second kappa shape index (κ2) is 37.2. The Kier molecular flexibility index (Phi) is 32.8. The Hall–Kier alpha value is -3.84. The summed E-state index contributed by atoms with van der Waals surface area (Å²) in [4.78, 5) is 25.6. The first kappa shape index (κ1) is 58.3. The molecule has 0 aromatic rings. The molecule has 15 nitrogen and oxygen atoms in total. The Morgan fingerprint density at radius 1 is 0.500 bits per heavy atom. The number of carbonyl (C=O) groups is 2. The average Bonchev–Trinajstić information content (AvgIpc) is 3.31. The van der Waals surface area contributed by atoms with Crippen molar-refractivity contribution in [3.63, 3.8) is 0 Å². The van der Waals surface area contributed by atoms with Crippen LogP contribution in [0.4, 0.5) is 0 Å². The van der Waals surface area contributed by atoms with E-state index in [9.17, 15) is 45.3 Å². The van der Waals surface area contributed by atoms with E-state index >= 15 is 0 Å². The number of rotatable bonds is 33. The molecule has 0 radical (unpaired) electrons. The lowest BCUT2D eigenvalue weighted by atomic mass is 9.98. The lowest BCUT2D eigenvalue weighted by molar-refractivity contribution is -0.332. The van der Waals surface area contributed by atoms with Gasteiger partial charge in [-0.1, -0.05) is 123 Å². The highest BCUT2D eigenvalue weighted by Gasteiger charge is 2.47. The largest absolute Gasteiger partial charge is 0.461 e. The van der Waals surface area contributed by atoms with E-state index in [4.69, 9.17) is 28.4 Å². The van der Waals surface area contributed by atoms with Gasteiger partial charge in [0.05, 0.1) is 26.2 Å². The molecule has 11 atom stereocenters. The molecule has 0 aromatic heterocycles. The van der Waals surface area contributed by atoms with Crippen molar-refractivity contribution in [1.82, 2.24) is 0 Å². The molecule has 7 N–H and O–H groups in total. The highest BCUT2D eigenvalue weighted by Crippen LogP contribution is 2.26. The maximum absolute atomic E-state index is 12.9. The van der Waals surface area contributed by atoms with E-state index in [0.29, 0.717) is 12.8 Å². The lowest BCUT2D eigenvalue weighted by Gasteiger charge is -2.42. The highest BCUT2D eigenvalue weighted by molar-refractivity contribution is 5.71. The fourth-order valence-corrected chi connectivity index (χ4v) is 6.45. The Labute approximate surface area is 391 Å². The quantitative estimate of drug-likeness (QED) is 0.0242. The number of hydrogen-bond donors (Lipinski definition) is 7. The van der Waals surface area contributed by atoms with Gasteiger partial charge in [-0.05, 0) is 77.0 Å². The van der Waals surface area contributed by atoms with Crippen molar-refractivity contribution in [1.29, 1.82) is 0 Å². The zero-order valence-corrected chi connectivity index (χ0v) is 38.9. The second-order valence-corrected chi connectivity index (χ2v) is 15.8. The number of allylic oxidation sites excluding steroid dienone is 17. The van der Waals surface area contributed by atoms with Gasteiger partial charge in [-0.2, -0.15) is 0 Å². The van der Waals surface area contributed by atoms with Crippen LogP contribution in [0.1, 0.15) is 104 Å². The normalized spacial score (nSPS) is 27.2. The SMILES string of the molecule is CC/C=C\C/C=C\C/C=C\C/C=C\C/C=C\CC(=O)OC[C@H](CO[C@@H]1O[C@H](CO[C@H]2O[C@H](CO)[C@H](O)[C@H](O)[C@H]2O)[C@H](O)[C@H](O)[C@H]1O)OC(=O)CCCC/C=C\C/C=C\C/C=C\C/C=C\CC. The molecule has 2 heterocycles. The van der Waals surface area contributed by atoms with Gasteiger partial charge in [0.2, 0.25) is 0 Å². The highest BCUT2D eigenvalue weighted by atomic mass is 16.7. The lowest BCUT2D eigenvalue weighted by Crippen LogP contribution is -2.61. The molecule has 2 rings (SSSR count). The molecule has 2 aliphatic rings. The van der Waals surface area contributed by atoms with Gasteiger partial charge in [-0.15, -0.1) is 0 Å². The summed E-state index contributed by atoms with van der Waals surface area (Å²) in [6.45, 7) is 2.16. The summed E-state index contributed by atoms with van der Waals surface area (Å²) in [5, 5.41) is 71.9. The number of esters is 2. The van der Waals surface area contributed by atoms with Gasteiger partial charge < -0.3 is 64.2 Å². The van der Waals surface area contributed by atoms with Crippen LogP contribution in [0.2, 0.25) is 0 Å². The van der Waals surface area contributed by atoms with Crippen LogP contribution < -0.4 is 0 Å². The summed E-state index contributed by atoms with van der Waals surface area (Å²) in [5.74, 6) is -1.14. The molecule has 66 heavy (non-hydrogen) atoms. The number of aliphatic hydroxyl groups excluding tert-OH is 7. The van der Waals surface area contributed by atoms with Crippen molar-refractivity contribution in [2.75, 3.05) is 26.4 Å². The van der Waals surface area contributed by atoms with Crippen LogP contribution in [0.3, 0.4) is 0 Å². The predicted octanol–water partition coefficient (Wildman–Crippen LogP) is 5.59. The van der Waals surface area contributed by atoms with Gasteiger partial charge >= 0.3 is 11.9 Å². The van der Waals surface area contributed by atoms with Gasteiger partial charge in [0, 0.05) is 6.42 Å². The summed E-state index contributed by atoms with van der Waals surface area (Å²) in [5.41, 5.74) is 0. The molecule has 15 heteroatoms. The number of carbonyl (C=O) groups excluding carboxylic acids is 2. The molecule has 372 valence electrons. The molecular weight excluding hydrogens is 853 g/mol. The molecule has 0 unspecified atom stereocenters. The van der Waals surface area contributed by atoms with Crippen LogP contribution in [0, 0.1) is 0 Å². The number of hydrogen-bond acceptors (Lipinski definition) is 15. The summed E-state index contributed by atoms with van der Waals surface area (Å²) in [6, 6.07) is 0. The monoisotopic (exact) mass is 931 g/mol. The standard InChI is InChI=1S/C51H78O15/c1-3-5-7-9-11-13-15-17-19-21-23-25-27-29-31-33-42(53)61-36-39(64-43(54)34-32-30-28-26-24-22-20-18-16-14-12-10-8-6-4-2)37-62-50-49(60)47(58)45(56)41(66-50)38-63-51-48(59)46(57)44(55)40(35-52)65-51/h5-8,11-14,17-20,23-26,29,31,39-41,44-52,55-60H,3-4,9-10,15-16,21-22,27-28,30,32-38H2,1-2H3/b7-5-,8-6-,13-11-,14-12-,19-17-,20-18-,25-23-,26-24-,31-29-/t39-,40-,41-,44+,45+,46+,47+,48-,49-,50-,51+/m1/s1. The van der Waals surface area contributed by atoms with Crippen LogP contribution in [0.25, 0.3) is 0 Å². The summed E-state index contributed by atoms with van der Waals surface area (Å²) >= 11 is 0. The van der Waals surface area contributed by atoms with Crippen molar-refractivity contribution >= 4 is 11.9 Å². The third-order valence-electron chi connectivity index (χ3n) is 10.3. The van der Waals surface area contributed by atoms with Crippen LogP contribution in [-0.4, -0.2) is 142 Å². The van der Waals surface area contributed by atoms with Crippen molar-refractivity contribution in [3.05, 3.63) is 109 Å². The van der Waals surface area contributed by atoms with E-state index in [-0.39, 0.29) is 19.4 Å². The van der Waals surface area contributed by atoms with Crippen molar-refractivity contribution in [3.8, 4) is 0 Å². The maximum Gasteiger partial charge on any atom is 0.309 e. The fourth-order valence-electron chi connectivity index (χ4n) is 6.45. The van der Waals surface area contributed by atoms with Crippen LogP contribution in [-0.2, 0) is 38.0 Å². The summed E-state index contributed by atoms with van der Waals surface area (Å²) in [7, 11) is 0. The Morgan fingerprint density at radius 3 is 1.44 bits per heavy atom. The zero-order valence-electron chi connectivity index (χ0n) is 38.9. The first-order valence-electron chi connectivity index (χ1n) is 23.5. The van der Waals surface area contributed by atoms with E-state index in [1.807, 2.05) is 18.2 Å². The van der Waals surface area contributed by atoms with Gasteiger partial charge in [0.25, 0.3) is 0 Å². The molecule has 0 amide bonds. The predicted molar refractivity (Wildman–Crippen MR) is 251 cm³/mol. The van der Waals surface area contributed by atoms with Crippen LogP contribution in [0.5, 0.6) is 0 Å². The third-order valence-corrected chi connectivity index (χ3v) is 10.3. The zero-order chi connectivity index (χ0) is 48.2. The first-order chi connectivity index (χ1) is 32.0. The molecule has 2 aliphatic heterocycles. The average molecular weight is 931 g/mol. The van der Waals surface area contributed by atoms with Gasteiger partial charge in [0.1, 0.15) is 55.4 Å². The minimum atomic E-state index is -1.79. The molecule has 0 spiro atoms. The van der Waals surface area contributed by atoms with E-state index in [2.05, 4.69) is 98.9 Å². The van der Waals surface area contributed by atoms with E-state index < -0.39 is 99.3 Å². The van der Waals surface area contributed by atoms with Crippen molar-refractivity contribution < 1.29 is 73.8 Å². The molecule has 0 bridgehead atoms. The first-order valence-corrected chi connectivity index (χ1v) is 23.5. The number of aliphatic hydroxyl groups is 7. The molecule has 2 fully saturated rings. The third kappa shape index (κ3) is 25.3. The molecule has 0 saturated carbocycles. The smallest absolute Gasteiger partial charge is 0.309 e. The number of unbranched alkanes of at least 4 members (excludes halogenated alkanes) is 2. The topological polar surface area (TPSA) is 231 Å². The van der Waals surface area contributed by atoms with Gasteiger partial charge in [-0.25, -0.2) is 0 Å². The molecule has 0 aromatic carbocycles. The maximum atomic E-state index is 12.9. The summed E-state index contributed by atoms with van der Waals surface area (Å²) < 4.78 is 33.3. The molecule has 0 aliphatic carbocycles. The Balaban J connectivity index is 1.91. The van der Waals surface area contributed by atoms with E-state index in [0.717, 1.165) is 64.2 Å². The Morgan fingerprint density at radius 2 is 0.939 bits per heavy atom. The Bertz CT molecular complexity index is 1560. The van der Waals surface area contributed by atoms with Crippen LogP contribution in [0.15, 0.2) is 109 Å².